The predicted molar refractivity (Wildman–Crippen MR) is 93.0 cm³/mol. The summed E-state index contributed by atoms with van der Waals surface area (Å²) in [6, 6.07) is 19.6. The molecule has 0 atom stereocenters. The maximum atomic E-state index is 5.70. The van der Waals surface area contributed by atoms with Crippen molar-refractivity contribution in [1.82, 2.24) is 14.5 Å². The van der Waals surface area contributed by atoms with Crippen LogP contribution >= 0.6 is 0 Å². The highest BCUT2D eigenvalue weighted by Crippen LogP contribution is 2.20. The van der Waals surface area contributed by atoms with Crippen molar-refractivity contribution in [2.24, 2.45) is 0 Å². The van der Waals surface area contributed by atoms with Gasteiger partial charge in [-0.3, -0.25) is 0 Å². The molecule has 0 fully saturated rings. The summed E-state index contributed by atoms with van der Waals surface area (Å²) in [7, 11) is 0. The van der Waals surface area contributed by atoms with E-state index in [1.54, 1.807) is 6.20 Å². The number of nitrogens with two attached hydrogens (primary N) is 1. The Labute approximate surface area is 133 Å². The van der Waals surface area contributed by atoms with E-state index in [-0.39, 0.29) is 0 Å². The first kappa shape index (κ1) is 13.3. The number of nitrogens with zero attached hydrogens (tertiary/aromatic N) is 3. The maximum Gasteiger partial charge on any atom is 0.229 e. The number of hydrogen-bond donors (Lipinski definition) is 2. The van der Waals surface area contributed by atoms with E-state index in [1.165, 1.54) is 5.39 Å². The van der Waals surface area contributed by atoms with E-state index in [1.807, 2.05) is 53.2 Å². The van der Waals surface area contributed by atoms with Crippen molar-refractivity contribution in [3.8, 4) is 5.82 Å². The summed E-state index contributed by atoms with van der Waals surface area (Å²) in [5.74, 6) is 1.36. The van der Waals surface area contributed by atoms with Gasteiger partial charge in [-0.15, -0.1) is 0 Å². The van der Waals surface area contributed by atoms with Crippen LogP contribution in [0, 0.1) is 0 Å². The van der Waals surface area contributed by atoms with Crippen LogP contribution < -0.4 is 11.1 Å². The smallest absolute Gasteiger partial charge is 0.229 e. The average Bonchev–Trinajstić information content (AvgIpc) is 3.01. The first-order chi connectivity index (χ1) is 11.3. The molecule has 2 aromatic heterocycles. The molecule has 0 amide bonds. The van der Waals surface area contributed by atoms with Crippen LogP contribution in [0.5, 0.6) is 0 Å². The first-order valence-electron chi connectivity index (χ1n) is 7.32. The fourth-order valence-corrected chi connectivity index (χ4v) is 2.52. The molecule has 5 heteroatoms. The third kappa shape index (κ3) is 2.60. The summed E-state index contributed by atoms with van der Waals surface area (Å²) in [6.07, 6.45) is 3.76. The zero-order valence-electron chi connectivity index (χ0n) is 12.3. The largest absolute Gasteiger partial charge is 0.399 e. The number of fused-ring (bicyclic) bond motifs is 1. The summed E-state index contributed by atoms with van der Waals surface area (Å²) < 4.78 is 2.05. The molecule has 0 aliphatic carbocycles. The minimum Gasteiger partial charge on any atom is -0.399 e. The van der Waals surface area contributed by atoms with Crippen molar-refractivity contribution in [3.63, 3.8) is 0 Å². The number of aromatic nitrogens is 3. The number of anilines is 3. The van der Waals surface area contributed by atoms with E-state index >= 15 is 0 Å². The van der Waals surface area contributed by atoms with E-state index in [0.29, 0.717) is 5.95 Å². The molecular weight excluding hydrogens is 286 g/mol. The lowest BCUT2D eigenvalue weighted by Crippen LogP contribution is -2.02. The number of rotatable bonds is 3. The fraction of sp³-hybridized carbons (Fsp3) is 0. The Hall–Kier alpha value is -3.34. The average molecular weight is 301 g/mol. The maximum absolute atomic E-state index is 5.70. The van der Waals surface area contributed by atoms with Crippen LogP contribution in [0.3, 0.4) is 0 Å². The van der Waals surface area contributed by atoms with Crippen LogP contribution in [0.15, 0.2) is 73.1 Å². The highest BCUT2D eigenvalue weighted by atomic mass is 15.2. The van der Waals surface area contributed by atoms with Gasteiger partial charge in [-0.05, 0) is 47.9 Å². The molecule has 3 N–H and O–H groups in total. The van der Waals surface area contributed by atoms with Gasteiger partial charge in [-0.2, -0.15) is 4.98 Å². The van der Waals surface area contributed by atoms with Crippen molar-refractivity contribution in [2.45, 2.75) is 0 Å². The molecule has 0 radical (unpaired) electrons. The van der Waals surface area contributed by atoms with Gasteiger partial charge >= 0.3 is 0 Å². The number of nitrogen functional groups attached to an aromatic ring is 1. The highest BCUT2D eigenvalue weighted by molar-refractivity contribution is 5.81. The second kappa shape index (κ2) is 5.46. The molecule has 2 aromatic carbocycles. The number of benzene rings is 2. The molecule has 0 bridgehead atoms. The molecule has 0 spiro atoms. The highest BCUT2D eigenvalue weighted by Gasteiger charge is 2.05. The Morgan fingerprint density at radius 3 is 2.61 bits per heavy atom. The lowest BCUT2D eigenvalue weighted by molar-refractivity contribution is 1.02. The lowest BCUT2D eigenvalue weighted by Gasteiger charge is -2.08. The quantitative estimate of drug-likeness (QED) is 0.565. The Morgan fingerprint density at radius 2 is 1.74 bits per heavy atom. The minimum absolute atomic E-state index is 0.546. The third-order valence-corrected chi connectivity index (χ3v) is 3.65. The molecule has 23 heavy (non-hydrogen) atoms. The minimum atomic E-state index is 0.546. The Kier molecular flexibility index (Phi) is 3.16. The molecule has 0 unspecified atom stereocenters. The SMILES string of the molecule is Nc1ccc(Nc2nccc(-n3ccc4ccccc43)n2)cc1. The number of nitrogens with one attached hydrogen (secondary N) is 1. The van der Waals surface area contributed by atoms with Gasteiger partial charge in [0.2, 0.25) is 5.95 Å². The van der Waals surface area contributed by atoms with Gasteiger partial charge in [-0.1, -0.05) is 18.2 Å². The molecular formula is C18H15N5. The molecule has 4 aromatic rings. The molecule has 2 heterocycles. The standard InChI is InChI=1S/C18H15N5/c19-14-5-7-15(8-6-14)21-18-20-11-9-17(22-18)23-12-10-13-3-1-2-4-16(13)23/h1-12H,19H2,(H,20,21,22). The zero-order chi connectivity index (χ0) is 15.6. The van der Waals surface area contributed by atoms with Gasteiger partial charge in [0.05, 0.1) is 5.52 Å². The van der Waals surface area contributed by atoms with Gasteiger partial charge in [0, 0.05) is 23.8 Å². The molecule has 0 aliphatic heterocycles. The van der Waals surface area contributed by atoms with Gasteiger partial charge < -0.3 is 15.6 Å². The molecule has 0 aliphatic rings. The summed E-state index contributed by atoms with van der Waals surface area (Å²) in [6.45, 7) is 0. The van der Waals surface area contributed by atoms with Gasteiger partial charge in [-0.25, -0.2) is 4.98 Å². The molecule has 112 valence electrons. The predicted octanol–water partition coefficient (Wildman–Crippen LogP) is 3.75. The van der Waals surface area contributed by atoms with Crippen LogP contribution in [0.4, 0.5) is 17.3 Å². The number of para-hydroxylation sites is 1. The topological polar surface area (TPSA) is 68.8 Å². The van der Waals surface area contributed by atoms with Crippen molar-refractivity contribution in [2.75, 3.05) is 11.1 Å². The van der Waals surface area contributed by atoms with Gasteiger partial charge in [0.15, 0.2) is 0 Å². The second-order valence-electron chi connectivity index (χ2n) is 5.23. The molecule has 0 saturated heterocycles. The second-order valence-corrected chi connectivity index (χ2v) is 5.23. The van der Waals surface area contributed by atoms with E-state index in [0.717, 1.165) is 22.7 Å². The zero-order valence-corrected chi connectivity index (χ0v) is 12.3. The van der Waals surface area contributed by atoms with Gasteiger partial charge in [0.1, 0.15) is 5.82 Å². The van der Waals surface area contributed by atoms with E-state index in [4.69, 9.17) is 5.73 Å². The first-order valence-corrected chi connectivity index (χ1v) is 7.32. The van der Waals surface area contributed by atoms with Gasteiger partial charge in [0.25, 0.3) is 0 Å². The summed E-state index contributed by atoms with van der Waals surface area (Å²) >= 11 is 0. The van der Waals surface area contributed by atoms with Crippen LogP contribution in [0.2, 0.25) is 0 Å². The van der Waals surface area contributed by atoms with Crippen LogP contribution in [-0.4, -0.2) is 14.5 Å². The molecule has 4 rings (SSSR count). The van der Waals surface area contributed by atoms with E-state index in [2.05, 4.69) is 33.5 Å². The Morgan fingerprint density at radius 1 is 0.913 bits per heavy atom. The van der Waals surface area contributed by atoms with Crippen LogP contribution in [0.1, 0.15) is 0 Å². The molecule has 5 nitrogen and oxygen atoms in total. The van der Waals surface area contributed by atoms with E-state index < -0.39 is 0 Å². The van der Waals surface area contributed by atoms with Crippen molar-refractivity contribution in [3.05, 3.63) is 73.1 Å². The fourth-order valence-electron chi connectivity index (χ4n) is 2.52. The van der Waals surface area contributed by atoms with Crippen LogP contribution in [-0.2, 0) is 0 Å². The molecule has 0 saturated carbocycles. The lowest BCUT2D eigenvalue weighted by atomic mass is 10.2. The van der Waals surface area contributed by atoms with Crippen molar-refractivity contribution in [1.29, 1.82) is 0 Å². The number of hydrogen-bond acceptors (Lipinski definition) is 4. The van der Waals surface area contributed by atoms with Crippen LogP contribution in [0.25, 0.3) is 16.7 Å². The summed E-state index contributed by atoms with van der Waals surface area (Å²) in [4.78, 5) is 8.87. The Balaban J connectivity index is 1.70. The van der Waals surface area contributed by atoms with Crippen molar-refractivity contribution < 1.29 is 0 Å². The monoisotopic (exact) mass is 301 g/mol. The normalized spacial score (nSPS) is 10.8. The van der Waals surface area contributed by atoms with Crippen molar-refractivity contribution >= 4 is 28.2 Å². The summed E-state index contributed by atoms with van der Waals surface area (Å²) in [5, 5.41) is 4.37. The van der Waals surface area contributed by atoms with E-state index in [9.17, 15) is 0 Å². The third-order valence-electron chi connectivity index (χ3n) is 3.65. The summed E-state index contributed by atoms with van der Waals surface area (Å²) in [5.41, 5.74) is 8.44. The Bertz CT molecular complexity index is 956.